The number of nitrogens with two attached hydrogens (primary N) is 1. The fourth-order valence-corrected chi connectivity index (χ4v) is 4.09. The molecule has 33 heavy (non-hydrogen) atoms. The third-order valence-electron chi connectivity index (χ3n) is 5.97. The van der Waals surface area contributed by atoms with Crippen LogP contribution in [0.4, 0.5) is 4.79 Å². The van der Waals surface area contributed by atoms with Gasteiger partial charge in [-0.05, 0) is 35.6 Å². The smallest absolute Gasteiger partial charge is 0.407 e. The molecule has 0 aromatic heterocycles. The van der Waals surface area contributed by atoms with E-state index in [0.717, 1.165) is 11.1 Å². The van der Waals surface area contributed by atoms with E-state index in [0.29, 0.717) is 55.1 Å². The zero-order valence-corrected chi connectivity index (χ0v) is 19.3. The number of carboxylic acid groups (broad SMARTS) is 1. The summed E-state index contributed by atoms with van der Waals surface area (Å²) in [5.74, 6) is -0.138. The SMILES string of the molecule is C/C(N)=C(/C(=N)c1cc(C(C)C)c(O)cc1O)c1ccc(CN2CCN(C(=O)O)CC2)cc1. The van der Waals surface area contributed by atoms with Gasteiger partial charge in [0.25, 0.3) is 0 Å². The molecule has 0 bridgehead atoms. The molecule has 1 aliphatic rings. The summed E-state index contributed by atoms with van der Waals surface area (Å²) in [6.45, 7) is 8.67. The normalized spacial score (nSPS) is 15.5. The maximum absolute atomic E-state index is 11.1. The Bertz CT molecular complexity index is 1060. The van der Waals surface area contributed by atoms with Crippen LogP contribution in [-0.2, 0) is 6.54 Å². The first kappa shape index (κ1) is 24.1. The summed E-state index contributed by atoms with van der Waals surface area (Å²) < 4.78 is 0. The largest absolute Gasteiger partial charge is 0.508 e. The summed E-state index contributed by atoms with van der Waals surface area (Å²) in [6, 6.07) is 10.7. The van der Waals surface area contributed by atoms with Crippen LogP contribution >= 0.6 is 0 Å². The van der Waals surface area contributed by atoms with Gasteiger partial charge in [0.1, 0.15) is 11.5 Å². The Balaban J connectivity index is 1.80. The minimum atomic E-state index is -0.877. The van der Waals surface area contributed by atoms with Gasteiger partial charge in [-0.15, -0.1) is 0 Å². The van der Waals surface area contributed by atoms with E-state index in [1.807, 2.05) is 38.1 Å². The monoisotopic (exact) mass is 452 g/mol. The zero-order valence-electron chi connectivity index (χ0n) is 19.3. The first-order valence-corrected chi connectivity index (χ1v) is 11.0. The lowest BCUT2D eigenvalue weighted by Crippen LogP contribution is -2.47. The number of phenolic OH excluding ortho intramolecular Hbond substituents is 2. The Hall–Kier alpha value is -3.52. The zero-order chi connectivity index (χ0) is 24.3. The number of nitrogens with zero attached hydrogens (tertiary/aromatic N) is 2. The number of allylic oxidation sites excluding steroid dienone is 2. The van der Waals surface area contributed by atoms with Gasteiger partial charge in [-0.2, -0.15) is 0 Å². The van der Waals surface area contributed by atoms with E-state index >= 15 is 0 Å². The van der Waals surface area contributed by atoms with Crippen molar-refractivity contribution in [3.63, 3.8) is 0 Å². The highest BCUT2D eigenvalue weighted by Gasteiger charge is 2.21. The number of aromatic hydroxyl groups is 2. The highest BCUT2D eigenvalue weighted by atomic mass is 16.4. The van der Waals surface area contributed by atoms with Crippen molar-refractivity contribution in [3.8, 4) is 11.5 Å². The predicted octanol–water partition coefficient (Wildman–Crippen LogP) is 3.77. The first-order valence-electron chi connectivity index (χ1n) is 11.0. The van der Waals surface area contributed by atoms with Crippen LogP contribution in [0, 0.1) is 5.41 Å². The molecule has 176 valence electrons. The molecule has 0 radical (unpaired) electrons. The number of piperazine rings is 1. The van der Waals surface area contributed by atoms with E-state index in [-0.39, 0.29) is 23.1 Å². The topological polar surface area (TPSA) is 134 Å². The number of amides is 1. The maximum Gasteiger partial charge on any atom is 0.407 e. The molecular weight excluding hydrogens is 420 g/mol. The van der Waals surface area contributed by atoms with Gasteiger partial charge in [0.2, 0.25) is 0 Å². The average molecular weight is 453 g/mol. The van der Waals surface area contributed by atoms with Crippen LogP contribution < -0.4 is 5.73 Å². The van der Waals surface area contributed by atoms with Crippen LogP contribution in [0.15, 0.2) is 42.1 Å². The summed E-state index contributed by atoms with van der Waals surface area (Å²) in [5, 5.41) is 38.4. The Morgan fingerprint density at radius 1 is 1.06 bits per heavy atom. The Labute approximate surface area is 194 Å². The van der Waals surface area contributed by atoms with Gasteiger partial charge in [0, 0.05) is 55.6 Å². The van der Waals surface area contributed by atoms with Gasteiger partial charge in [-0.25, -0.2) is 4.79 Å². The lowest BCUT2D eigenvalue weighted by Gasteiger charge is -2.33. The van der Waals surface area contributed by atoms with E-state index < -0.39 is 6.09 Å². The second-order valence-corrected chi connectivity index (χ2v) is 8.76. The van der Waals surface area contributed by atoms with Crippen LogP contribution in [0.25, 0.3) is 5.57 Å². The molecule has 1 fully saturated rings. The molecule has 1 aliphatic heterocycles. The number of benzene rings is 2. The van der Waals surface area contributed by atoms with Crippen molar-refractivity contribution in [1.29, 1.82) is 5.41 Å². The van der Waals surface area contributed by atoms with E-state index in [1.165, 1.54) is 11.0 Å². The fraction of sp³-hybridized carbons (Fsp3) is 0.360. The molecule has 8 nitrogen and oxygen atoms in total. The van der Waals surface area contributed by atoms with E-state index in [9.17, 15) is 15.0 Å². The van der Waals surface area contributed by atoms with Crippen molar-refractivity contribution >= 4 is 17.4 Å². The van der Waals surface area contributed by atoms with E-state index in [4.69, 9.17) is 16.2 Å². The molecule has 0 saturated carbocycles. The second-order valence-electron chi connectivity index (χ2n) is 8.76. The number of hydrogen-bond acceptors (Lipinski definition) is 6. The van der Waals surface area contributed by atoms with Crippen molar-refractivity contribution in [1.82, 2.24) is 9.80 Å². The molecule has 0 unspecified atom stereocenters. The third kappa shape index (κ3) is 5.46. The Kier molecular flexibility index (Phi) is 7.28. The molecule has 8 heteroatoms. The highest BCUT2D eigenvalue weighted by molar-refractivity contribution is 6.31. The van der Waals surface area contributed by atoms with Crippen molar-refractivity contribution in [2.75, 3.05) is 26.2 Å². The van der Waals surface area contributed by atoms with Crippen molar-refractivity contribution in [2.45, 2.75) is 33.2 Å². The molecule has 2 aromatic carbocycles. The molecule has 3 rings (SSSR count). The number of rotatable bonds is 6. The maximum atomic E-state index is 11.1. The molecule has 6 N–H and O–H groups in total. The minimum absolute atomic E-state index is 0.00240. The van der Waals surface area contributed by atoms with Crippen LogP contribution in [0.1, 0.15) is 48.9 Å². The lowest BCUT2D eigenvalue weighted by atomic mass is 9.90. The summed E-state index contributed by atoms with van der Waals surface area (Å²) >= 11 is 0. The van der Waals surface area contributed by atoms with Crippen molar-refractivity contribution < 1.29 is 20.1 Å². The summed E-state index contributed by atoms with van der Waals surface area (Å²) in [6.07, 6.45) is -0.877. The number of phenols is 2. The van der Waals surface area contributed by atoms with E-state index in [2.05, 4.69) is 4.90 Å². The van der Waals surface area contributed by atoms with Gasteiger partial charge < -0.3 is 26.0 Å². The number of nitrogens with one attached hydrogen (secondary N) is 1. The minimum Gasteiger partial charge on any atom is -0.508 e. The van der Waals surface area contributed by atoms with Gasteiger partial charge in [0.15, 0.2) is 0 Å². The van der Waals surface area contributed by atoms with Crippen LogP contribution in [-0.4, -0.2) is 63.1 Å². The lowest BCUT2D eigenvalue weighted by molar-refractivity contribution is 0.103. The molecule has 0 spiro atoms. The fourth-order valence-electron chi connectivity index (χ4n) is 4.09. The summed E-state index contributed by atoms with van der Waals surface area (Å²) in [4.78, 5) is 14.7. The third-order valence-corrected chi connectivity index (χ3v) is 5.97. The molecule has 0 atom stereocenters. The van der Waals surface area contributed by atoms with Gasteiger partial charge >= 0.3 is 6.09 Å². The van der Waals surface area contributed by atoms with Crippen molar-refractivity contribution in [3.05, 3.63) is 64.3 Å². The summed E-state index contributed by atoms with van der Waals surface area (Å²) in [7, 11) is 0. The average Bonchev–Trinajstić information content (AvgIpc) is 2.75. The molecule has 0 aliphatic carbocycles. The Morgan fingerprint density at radius 3 is 2.18 bits per heavy atom. The molecule has 1 amide bonds. The van der Waals surface area contributed by atoms with Crippen molar-refractivity contribution in [2.24, 2.45) is 5.73 Å². The Morgan fingerprint density at radius 2 is 1.67 bits per heavy atom. The molecule has 1 heterocycles. The number of hydrogen-bond donors (Lipinski definition) is 5. The molecule has 1 saturated heterocycles. The van der Waals surface area contributed by atoms with E-state index in [1.54, 1.807) is 13.0 Å². The predicted molar refractivity (Wildman–Crippen MR) is 129 cm³/mol. The number of carbonyl (C=O) groups is 1. The van der Waals surface area contributed by atoms with Crippen LogP contribution in [0.5, 0.6) is 11.5 Å². The van der Waals surface area contributed by atoms with Gasteiger partial charge in [-0.1, -0.05) is 38.1 Å². The van der Waals surface area contributed by atoms with Gasteiger partial charge in [-0.3, -0.25) is 10.3 Å². The first-order chi connectivity index (χ1) is 15.6. The quantitative estimate of drug-likeness (QED) is 0.424. The van der Waals surface area contributed by atoms with Crippen LogP contribution in [0.3, 0.4) is 0 Å². The molecular formula is C25H32N4O4. The van der Waals surface area contributed by atoms with Crippen LogP contribution in [0.2, 0.25) is 0 Å². The highest BCUT2D eigenvalue weighted by Crippen LogP contribution is 2.35. The molecule has 2 aromatic rings. The van der Waals surface area contributed by atoms with Gasteiger partial charge in [0.05, 0.1) is 5.71 Å². The standard InChI is InChI=1S/C25H32N4O4/c1-15(2)19-12-20(22(31)13-21(19)30)24(27)23(16(3)26)18-6-4-17(5-7-18)14-28-8-10-29(11-9-28)25(32)33/h4-7,12-13,15,27,30-31H,8-11,14,26H2,1-3H3,(H,32,33)/b23-16-,27-24?. The second kappa shape index (κ2) is 9.95. The summed E-state index contributed by atoms with van der Waals surface area (Å²) in [5.41, 5.74) is 10.0.